The molecule has 1 aliphatic rings. The van der Waals surface area contributed by atoms with Crippen LogP contribution in [0.5, 0.6) is 0 Å². The maximum Gasteiger partial charge on any atom is 0.317 e. The van der Waals surface area contributed by atoms with Crippen molar-refractivity contribution in [2.24, 2.45) is 0 Å². The van der Waals surface area contributed by atoms with Crippen molar-refractivity contribution in [3.8, 4) is 0 Å². The third-order valence-corrected chi connectivity index (χ3v) is 3.80. The summed E-state index contributed by atoms with van der Waals surface area (Å²) in [6.45, 7) is 5.68. The molecule has 1 aromatic carbocycles. The second-order valence-electron chi connectivity index (χ2n) is 5.27. The fourth-order valence-corrected chi connectivity index (χ4v) is 2.44. The number of nitrogens with one attached hydrogen (secondary N) is 1. The van der Waals surface area contributed by atoms with Crippen molar-refractivity contribution in [3.05, 3.63) is 30.1 Å². The minimum absolute atomic E-state index is 0.0524. The van der Waals surface area contributed by atoms with E-state index in [1.165, 1.54) is 12.1 Å². The summed E-state index contributed by atoms with van der Waals surface area (Å²) in [5.74, 6) is -0.527. The Morgan fingerprint density at radius 1 is 1.35 bits per heavy atom. The molecule has 6 nitrogen and oxygen atoms in total. The number of morpholine rings is 1. The summed E-state index contributed by atoms with van der Waals surface area (Å²) in [5.41, 5.74) is 0.625. The second kappa shape index (κ2) is 7.92. The monoisotopic (exact) mass is 323 g/mol. The Morgan fingerprint density at radius 2 is 2.00 bits per heavy atom. The number of benzene rings is 1. The van der Waals surface area contributed by atoms with Crippen molar-refractivity contribution >= 4 is 17.6 Å². The van der Waals surface area contributed by atoms with Crippen molar-refractivity contribution in [3.63, 3.8) is 0 Å². The summed E-state index contributed by atoms with van der Waals surface area (Å²) < 4.78 is 18.5. The van der Waals surface area contributed by atoms with Crippen LogP contribution in [0.4, 0.5) is 14.9 Å². The van der Waals surface area contributed by atoms with Crippen LogP contribution in [-0.4, -0.2) is 55.7 Å². The number of carbonyl (C=O) groups is 2. The van der Waals surface area contributed by atoms with Crippen LogP contribution in [0.3, 0.4) is 0 Å². The predicted octanol–water partition coefficient (Wildman–Crippen LogP) is 1.61. The highest BCUT2D eigenvalue weighted by Crippen LogP contribution is 2.18. The van der Waals surface area contributed by atoms with E-state index in [2.05, 4.69) is 5.32 Å². The highest BCUT2D eigenvalue weighted by molar-refractivity contribution is 5.95. The molecule has 1 aliphatic heterocycles. The molecule has 1 N–H and O–H groups in total. The highest BCUT2D eigenvalue weighted by Gasteiger charge is 2.28. The van der Waals surface area contributed by atoms with E-state index in [9.17, 15) is 14.0 Å². The molecule has 0 bridgehead atoms. The van der Waals surface area contributed by atoms with E-state index in [0.717, 1.165) is 0 Å². The first-order valence-electron chi connectivity index (χ1n) is 7.75. The van der Waals surface area contributed by atoms with Crippen LogP contribution in [0.25, 0.3) is 0 Å². The molecule has 0 spiro atoms. The van der Waals surface area contributed by atoms with Crippen molar-refractivity contribution in [1.82, 2.24) is 10.2 Å². The zero-order valence-electron chi connectivity index (χ0n) is 13.4. The Morgan fingerprint density at radius 3 is 2.61 bits per heavy atom. The molecule has 1 atom stereocenters. The van der Waals surface area contributed by atoms with E-state index in [0.29, 0.717) is 31.9 Å². The van der Waals surface area contributed by atoms with Gasteiger partial charge in [-0.3, -0.25) is 4.79 Å². The van der Waals surface area contributed by atoms with Crippen LogP contribution in [-0.2, 0) is 9.53 Å². The van der Waals surface area contributed by atoms with Gasteiger partial charge in [-0.25, -0.2) is 9.18 Å². The lowest BCUT2D eigenvalue weighted by molar-refractivity contribution is -0.129. The molecule has 0 saturated carbocycles. The lowest BCUT2D eigenvalue weighted by Crippen LogP contribution is -2.52. The number of urea groups is 1. The van der Waals surface area contributed by atoms with Gasteiger partial charge < -0.3 is 19.9 Å². The molecule has 2 rings (SSSR count). The third kappa shape index (κ3) is 4.41. The quantitative estimate of drug-likeness (QED) is 0.895. The molecule has 0 aliphatic carbocycles. The molecular formula is C16H22FN3O3. The van der Waals surface area contributed by atoms with Crippen molar-refractivity contribution in [1.29, 1.82) is 0 Å². The molecule has 1 unspecified atom stereocenters. The molecular weight excluding hydrogens is 301 g/mol. The minimum atomic E-state index is -0.350. The van der Waals surface area contributed by atoms with Gasteiger partial charge in [-0.15, -0.1) is 0 Å². The van der Waals surface area contributed by atoms with Gasteiger partial charge in [0.25, 0.3) is 5.91 Å². The molecule has 126 valence electrons. The molecule has 1 aromatic rings. The van der Waals surface area contributed by atoms with Gasteiger partial charge in [0.1, 0.15) is 12.4 Å². The number of halogens is 1. The Hall–Kier alpha value is -2.15. The topological polar surface area (TPSA) is 61.9 Å². The Balaban J connectivity index is 1.94. The van der Waals surface area contributed by atoms with Gasteiger partial charge in [0.15, 0.2) is 0 Å². The summed E-state index contributed by atoms with van der Waals surface area (Å²) >= 11 is 0. The fourth-order valence-electron chi connectivity index (χ4n) is 2.44. The molecule has 1 saturated heterocycles. The van der Waals surface area contributed by atoms with Gasteiger partial charge in [-0.1, -0.05) is 0 Å². The number of nitrogens with zero attached hydrogens (tertiary/aromatic N) is 2. The first-order chi connectivity index (χ1) is 11.0. The number of hydrogen-bond acceptors (Lipinski definition) is 3. The van der Waals surface area contributed by atoms with E-state index < -0.39 is 0 Å². The number of rotatable bonds is 5. The zero-order valence-corrected chi connectivity index (χ0v) is 13.4. The van der Waals surface area contributed by atoms with Crippen LogP contribution in [0.2, 0.25) is 0 Å². The number of carbonyl (C=O) groups excluding carboxylic acids is 2. The lowest BCUT2D eigenvalue weighted by Gasteiger charge is -2.33. The molecule has 0 aromatic heterocycles. The fraction of sp³-hybridized carbons (Fsp3) is 0.500. The summed E-state index contributed by atoms with van der Waals surface area (Å²) in [4.78, 5) is 27.1. The second-order valence-corrected chi connectivity index (χ2v) is 5.27. The summed E-state index contributed by atoms with van der Waals surface area (Å²) in [7, 11) is 0. The van der Waals surface area contributed by atoms with Crippen LogP contribution < -0.4 is 10.2 Å². The molecule has 1 heterocycles. The van der Waals surface area contributed by atoms with E-state index in [-0.39, 0.29) is 30.5 Å². The Labute approximate surface area is 135 Å². The largest absolute Gasteiger partial charge is 0.365 e. The number of anilines is 1. The Bertz CT molecular complexity index is 546. The normalized spacial score (nSPS) is 18.0. The maximum absolute atomic E-state index is 13.0. The van der Waals surface area contributed by atoms with Crippen LogP contribution in [0, 0.1) is 5.82 Å². The average Bonchev–Trinajstić information content (AvgIpc) is 2.56. The van der Waals surface area contributed by atoms with Gasteiger partial charge in [0, 0.05) is 25.3 Å². The van der Waals surface area contributed by atoms with Crippen molar-refractivity contribution < 1.29 is 18.7 Å². The number of ether oxygens (including phenoxy) is 1. The van der Waals surface area contributed by atoms with Gasteiger partial charge in [-0.2, -0.15) is 0 Å². The summed E-state index contributed by atoms with van der Waals surface area (Å²) in [6.07, 6.45) is -0.294. The van der Waals surface area contributed by atoms with Crippen LogP contribution in [0.15, 0.2) is 24.3 Å². The molecule has 0 radical (unpaired) electrons. The van der Waals surface area contributed by atoms with E-state index in [1.54, 1.807) is 21.9 Å². The molecule has 1 fully saturated rings. The van der Waals surface area contributed by atoms with Gasteiger partial charge >= 0.3 is 6.03 Å². The molecule has 3 amide bonds. The van der Waals surface area contributed by atoms with Gasteiger partial charge in [0.05, 0.1) is 12.6 Å². The average molecular weight is 323 g/mol. The summed E-state index contributed by atoms with van der Waals surface area (Å²) in [5, 5.41) is 2.81. The molecule has 7 heteroatoms. The van der Waals surface area contributed by atoms with E-state index in [4.69, 9.17) is 4.74 Å². The smallest absolute Gasteiger partial charge is 0.317 e. The Kier molecular flexibility index (Phi) is 5.92. The first-order valence-corrected chi connectivity index (χ1v) is 7.75. The predicted molar refractivity (Wildman–Crippen MR) is 84.8 cm³/mol. The number of hydrogen-bond donors (Lipinski definition) is 1. The van der Waals surface area contributed by atoms with Crippen molar-refractivity contribution in [2.45, 2.75) is 20.0 Å². The lowest BCUT2D eigenvalue weighted by atomic mass is 10.2. The zero-order chi connectivity index (χ0) is 16.8. The number of amides is 3. The minimum Gasteiger partial charge on any atom is -0.365 e. The van der Waals surface area contributed by atoms with E-state index in [1.807, 2.05) is 13.8 Å². The van der Waals surface area contributed by atoms with Gasteiger partial charge in [-0.05, 0) is 38.1 Å². The standard InChI is InChI=1S/C16H22FN3O3/c1-3-19(4-2)16(22)18-9-14-10-20(15(21)11-23-14)13-7-5-12(17)6-8-13/h5-8,14H,3-4,9-11H2,1-2H3,(H,18,22). The summed E-state index contributed by atoms with van der Waals surface area (Å²) in [6, 6.07) is 5.60. The SMILES string of the molecule is CCN(CC)C(=O)NCC1CN(c2ccc(F)cc2)C(=O)CO1. The van der Waals surface area contributed by atoms with Crippen LogP contribution in [0.1, 0.15) is 13.8 Å². The van der Waals surface area contributed by atoms with Crippen LogP contribution >= 0.6 is 0 Å². The maximum atomic E-state index is 13.0. The third-order valence-electron chi connectivity index (χ3n) is 3.80. The van der Waals surface area contributed by atoms with Gasteiger partial charge in [0.2, 0.25) is 0 Å². The first kappa shape index (κ1) is 17.2. The van der Waals surface area contributed by atoms with Crippen molar-refractivity contribution in [2.75, 3.05) is 37.7 Å². The van der Waals surface area contributed by atoms with E-state index >= 15 is 0 Å². The highest BCUT2D eigenvalue weighted by atomic mass is 19.1. The molecule has 23 heavy (non-hydrogen) atoms.